The molecule has 2 amide bonds. The molecule has 1 heterocycles. The maximum absolute atomic E-state index is 12.4. The fourth-order valence-corrected chi connectivity index (χ4v) is 2.86. The zero-order valence-electron chi connectivity index (χ0n) is 17.5. The molecule has 2 aromatic carbocycles. The molecule has 32 heavy (non-hydrogen) atoms. The fourth-order valence-electron chi connectivity index (χ4n) is 2.71. The Morgan fingerprint density at radius 3 is 2.25 bits per heavy atom. The van der Waals surface area contributed by atoms with Gasteiger partial charge in [-0.2, -0.15) is 5.10 Å². The van der Waals surface area contributed by atoms with Crippen LogP contribution in [-0.4, -0.2) is 48.5 Å². The average molecular weight is 455 g/mol. The number of rotatable bonds is 6. The number of aromatic amines is 1. The Morgan fingerprint density at radius 2 is 1.59 bits per heavy atom. The summed E-state index contributed by atoms with van der Waals surface area (Å²) < 4.78 is 15.4. The summed E-state index contributed by atoms with van der Waals surface area (Å²) in [6.07, 6.45) is 0. The summed E-state index contributed by atoms with van der Waals surface area (Å²) >= 11 is 5.06. The summed E-state index contributed by atoms with van der Waals surface area (Å²) in [6.45, 7) is 0. The van der Waals surface area contributed by atoms with Crippen molar-refractivity contribution in [3.63, 3.8) is 0 Å². The van der Waals surface area contributed by atoms with E-state index in [2.05, 4.69) is 26.4 Å². The van der Waals surface area contributed by atoms with Gasteiger partial charge in [0.2, 0.25) is 0 Å². The highest BCUT2D eigenvalue weighted by Gasteiger charge is 2.14. The predicted octanol–water partition coefficient (Wildman–Crippen LogP) is 2.05. The molecule has 0 radical (unpaired) electrons. The van der Waals surface area contributed by atoms with Gasteiger partial charge in [0.15, 0.2) is 16.6 Å². The smallest absolute Gasteiger partial charge is 0.287 e. The molecule has 0 aliphatic carbocycles. The lowest BCUT2D eigenvalue weighted by atomic mass is 10.1. The molecule has 0 saturated heterocycles. The predicted molar refractivity (Wildman–Crippen MR) is 121 cm³/mol. The molecular weight excluding hydrogens is 434 g/mol. The minimum absolute atomic E-state index is 0.0898. The Labute approximate surface area is 189 Å². The summed E-state index contributed by atoms with van der Waals surface area (Å²) in [5.41, 5.74) is 6.78. The van der Waals surface area contributed by atoms with E-state index in [4.69, 9.17) is 26.4 Å². The van der Waals surface area contributed by atoms with Gasteiger partial charge in [-0.1, -0.05) is 0 Å². The van der Waals surface area contributed by atoms with Crippen molar-refractivity contribution in [3.05, 3.63) is 59.8 Å². The second-order valence-corrected chi connectivity index (χ2v) is 6.74. The third kappa shape index (κ3) is 5.32. The first-order valence-electron chi connectivity index (χ1n) is 9.28. The van der Waals surface area contributed by atoms with Gasteiger partial charge in [-0.05, 0) is 60.7 Å². The summed E-state index contributed by atoms with van der Waals surface area (Å²) in [5, 5.41) is 9.16. The molecule has 0 aliphatic heterocycles. The van der Waals surface area contributed by atoms with Crippen molar-refractivity contribution in [1.29, 1.82) is 0 Å². The standard InChI is InChI=1S/C21H21N5O5S/c1-29-14-7-4-12(5-8-14)15-11-16(24-23-15)20(28)25-26-21(32)22-19(27)13-6-9-17(30-2)18(10-13)31-3/h4-11H,1-3H3,(H,23,24)(H,25,28)(H2,22,26,27,32). The number of methoxy groups -OCH3 is 3. The van der Waals surface area contributed by atoms with E-state index in [1.54, 1.807) is 37.4 Å². The van der Waals surface area contributed by atoms with Crippen LogP contribution in [-0.2, 0) is 0 Å². The average Bonchev–Trinajstić information content (AvgIpc) is 3.32. The van der Waals surface area contributed by atoms with Crippen molar-refractivity contribution in [2.45, 2.75) is 0 Å². The zero-order valence-corrected chi connectivity index (χ0v) is 18.3. The van der Waals surface area contributed by atoms with E-state index >= 15 is 0 Å². The van der Waals surface area contributed by atoms with Gasteiger partial charge >= 0.3 is 0 Å². The van der Waals surface area contributed by atoms with Gasteiger partial charge in [0.1, 0.15) is 11.4 Å². The number of H-pyrrole nitrogens is 1. The number of hydrogen-bond acceptors (Lipinski definition) is 7. The van der Waals surface area contributed by atoms with Gasteiger partial charge in [-0.25, -0.2) is 0 Å². The number of nitrogens with one attached hydrogen (secondary N) is 4. The highest BCUT2D eigenvalue weighted by atomic mass is 32.1. The van der Waals surface area contributed by atoms with E-state index in [-0.39, 0.29) is 10.8 Å². The largest absolute Gasteiger partial charge is 0.497 e. The van der Waals surface area contributed by atoms with Crippen LogP contribution in [0.3, 0.4) is 0 Å². The summed E-state index contributed by atoms with van der Waals surface area (Å²) in [5.74, 6) is 0.612. The van der Waals surface area contributed by atoms with E-state index in [0.717, 1.165) is 11.3 Å². The van der Waals surface area contributed by atoms with Crippen LogP contribution in [0.15, 0.2) is 48.5 Å². The molecule has 3 aromatic rings. The molecular formula is C21H21N5O5S. The third-order valence-corrected chi connectivity index (χ3v) is 4.57. The number of aromatic nitrogens is 2. The van der Waals surface area contributed by atoms with Crippen LogP contribution in [0.1, 0.15) is 20.8 Å². The van der Waals surface area contributed by atoms with Crippen molar-refractivity contribution in [1.82, 2.24) is 26.4 Å². The molecule has 1 aromatic heterocycles. The molecule has 0 aliphatic rings. The Morgan fingerprint density at radius 1 is 0.875 bits per heavy atom. The zero-order chi connectivity index (χ0) is 23.1. The molecule has 4 N–H and O–H groups in total. The number of benzene rings is 2. The Balaban J connectivity index is 1.55. The first-order chi connectivity index (χ1) is 15.4. The van der Waals surface area contributed by atoms with Crippen LogP contribution < -0.4 is 30.4 Å². The van der Waals surface area contributed by atoms with Gasteiger partial charge in [-0.3, -0.25) is 30.9 Å². The summed E-state index contributed by atoms with van der Waals surface area (Å²) in [4.78, 5) is 24.7. The van der Waals surface area contributed by atoms with Crippen LogP contribution >= 0.6 is 12.2 Å². The van der Waals surface area contributed by atoms with Gasteiger partial charge in [-0.15, -0.1) is 0 Å². The highest BCUT2D eigenvalue weighted by molar-refractivity contribution is 7.80. The van der Waals surface area contributed by atoms with Gasteiger partial charge in [0.05, 0.1) is 27.0 Å². The van der Waals surface area contributed by atoms with Crippen molar-refractivity contribution >= 4 is 29.1 Å². The van der Waals surface area contributed by atoms with E-state index in [9.17, 15) is 9.59 Å². The van der Waals surface area contributed by atoms with Crippen molar-refractivity contribution in [2.75, 3.05) is 21.3 Å². The molecule has 0 unspecified atom stereocenters. The van der Waals surface area contributed by atoms with E-state index in [1.807, 2.05) is 12.1 Å². The lowest BCUT2D eigenvalue weighted by Gasteiger charge is -2.12. The first-order valence-corrected chi connectivity index (χ1v) is 9.69. The van der Waals surface area contributed by atoms with Gasteiger partial charge < -0.3 is 14.2 Å². The van der Waals surface area contributed by atoms with Crippen LogP contribution in [0.5, 0.6) is 17.2 Å². The summed E-state index contributed by atoms with van der Waals surface area (Å²) in [7, 11) is 4.55. The topological polar surface area (TPSA) is 127 Å². The van der Waals surface area contributed by atoms with E-state index in [0.29, 0.717) is 22.8 Å². The van der Waals surface area contributed by atoms with Crippen molar-refractivity contribution in [3.8, 4) is 28.5 Å². The number of ether oxygens (including phenoxy) is 3. The van der Waals surface area contributed by atoms with Crippen LogP contribution in [0, 0.1) is 0 Å². The number of hydrogen-bond donors (Lipinski definition) is 4. The minimum atomic E-state index is -0.514. The SMILES string of the molecule is COc1ccc(-c2cc(C(=O)NNC(=S)NC(=O)c3ccc(OC)c(OC)c3)[nH]n2)cc1. The van der Waals surface area contributed by atoms with Gasteiger partial charge in [0, 0.05) is 11.1 Å². The van der Waals surface area contributed by atoms with E-state index in [1.165, 1.54) is 20.3 Å². The molecule has 0 saturated carbocycles. The Hall–Kier alpha value is -4.12. The highest BCUT2D eigenvalue weighted by Crippen LogP contribution is 2.27. The number of hydrazine groups is 1. The molecule has 11 heteroatoms. The Kier molecular flexibility index (Phi) is 7.24. The second kappa shape index (κ2) is 10.3. The lowest BCUT2D eigenvalue weighted by molar-refractivity contribution is 0.0930. The van der Waals surface area contributed by atoms with Crippen LogP contribution in [0.4, 0.5) is 0 Å². The second-order valence-electron chi connectivity index (χ2n) is 6.33. The third-order valence-electron chi connectivity index (χ3n) is 4.37. The Bertz CT molecular complexity index is 1130. The lowest BCUT2D eigenvalue weighted by Crippen LogP contribution is -2.48. The fraction of sp³-hybridized carbons (Fsp3) is 0.143. The molecule has 166 valence electrons. The molecule has 0 atom stereocenters. The van der Waals surface area contributed by atoms with Crippen LogP contribution in [0.2, 0.25) is 0 Å². The van der Waals surface area contributed by atoms with Crippen molar-refractivity contribution < 1.29 is 23.8 Å². The maximum atomic E-state index is 12.4. The normalized spacial score (nSPS) is 10.1. The minimum Gasteiger partial charge on any atom is -0.497 e. The number of carbonyl (C=O) groups is 2. The quantitative estimate of drug-likeness (QED) is 0.329. The van der Waals surface area contributed by atoms with Crippen LogP contribution in [0.25, 0.3) is 11.3 Å². The molecule has 0 fully saturated rings. The molecule has 10 nitrogen and oxygen atoms in total. The number of thiocarbonyl (C=S) groups is 1. The van der Waals surface area contributed by atoms with E-state index < -0.39 is 11.8 Å². The molecule has 0 spiro atoms. The summed E-state index contributed by atoms with van der Waals surface area (Å²) in [6, 6.07) is 13.5. The van der Waals surface area contributed by atoms with Gasteiger partial charge in [0.25, 0.3) is 11.8 Å². The first kappa shape index (κ1) is 22.6. The number of nitrogens with zero attached hydrogens (tertiary/aromatic N) is 1. The maximum Gasteiger partial charge on any atom is 0.287 e. The molecule has 0 bridgehead atoms. The number of carbonyl (C=O) groups excluding carboxylic acids is 2. The molecule has 3 rings (SSSR count). The van der Waals surface area contributed by atoms with Crippen molar-refractivity contribution in [2.24, 2.45) is 0 Å². The monoisotopic (exact) mass is 455 g/mol. The number of amides is 2.